The molecule has 0 fully saturated rings. The van der Waals surface area contributed by atoms with Gasteiger partial charge in [0.2, 0.25) is 23.6 Å². The van der Waals surface area contributed by atoms with Crippen LogP contribution in [0.3, 0.4) is 0 Å². The fourth-order valence-corrected chi connectivity index (χ4v) is 3.58. The van der Waals surface area contributed by atoms with Crippen LogP contribution in [-0.2, 0) is 19.2 Å². The number of amides is 4. The number of benzene rings is 2. The van der Waals surface area contributed by atoms with E-state index in [-0.39, 0.29) is 5.91 Å². The Bertz CT molecular complexity index is 1060. The van der Waals surface area contributed by atoms with Gasteiger partial charge in [-0.3, -0.25) is 19.2 Å². The van der Waals surface area contributed by atoms with E-state index >= 15 is 0 Å². The molecule has 10 heteroatoms. The Morgan fingerprint density at radius 3 is 2.23 bits per heavy atom. The van der Waals surface area contributed by atoms with Crippen LogP contribution >= 0.6 is 0 Å². The molecule has 2 aromatic carbocycles. The summed E-state index contributed by atoms with van der Waals surface area (Å²) < 4.78 is 5.46. The Hall–Kier alpha value is -3.66. The largest absolute Gasteiger partial charge is 0.496 e. The van der Waals surface area contributed by atoms with Crippen LogP contribution in [-0.4, -0.2) is 55.4 Å². The van der Waals surface area contributed by atoms with Gasteiger partial charge in [-0.25, -0.2) is 0 Å². The van der Waals surface area contributed by atoms with Crippen LogP contribution in [0.25, 0.3) is 10.8 Å². The smallest absolute Gasteiger partial charge is 0.246 e. The molecule has 0 spiro atoms. The van der Waals surface area contributed by atoms with Crippen LogP contribution in [0.4, 0.5) is 5.69 Å². The van der Waals surface area contributed by atoms with E-state index in [1.54, 1.807) is 13.2 Å². The maximum Gasteiger partial charge on any atom is 0.246 e. The normalized spacial score (nSPS) is 13.3. The van der Waals surface area contributed by atoms with Gasteiger partial charge in [0, 0.05) is 24.1 Å². The lowest BCUT2D eigenvalue weighted by Crippen LogP contribution is -2.54. The van der Waals surface area contributed by atoms with Gasteiger partial charge in [-0.05, 0) is 51.1 Å². The van der Waals surface area contributed by atoms with Crippen LogP contribution < -0.4 is 31.7 Å². The lowest BCUT2D eigenvalue weighted by molar-refractivity contribution is -0.132. The molecule has 0 saturated carbocycles. The molecule has 0 aliphatic carbocycles. The molecule has 3 atom stereocenters. The number of fused-ring (bicyclic) bond motifs is 1. The maximum atomic E-state index is 13.1. The van der Waals surface area contributed by atoms with Gasteiger partial charge in [0.1, 0.15) is 23.9 Å². The van der Waals surface area contributed by atoms with Crippen LogP contribution in [0, 0.1) is 0 Å². The van der Waals surface area contributed by atoms with Crippen LogP contribution in [0.1, 0.15) is 40.0 Å². The van der Waals surface area contributed by atoms with Crippen molar-refractivity contribution in [3.63, 3.8) is 0 Å². The molecule has 35 heavy (non-hydrogen) atoms. The quantitative estimate of drug-likeness (QED) is 0.287. The number of nitrogens with two attached hydrogens (primary N) is 1. The highest BCUT2D eigenvalue weighted by Gasteiger charge is 2.25. The van der Waals surface area contributed by atoms with Crippen molar-refractivity contribution in [3.8, 4) is 5.75 Å². The average Bonchev–Trinajstić information content (AvgIpc) is 2.82. The number of hydrogen-bond donors (Lipinski definition) is 5. The van der Waals surface area contributed by atoms with Gasteiger partial charge in [0.15, 0.2) is 0 Å². The summed E-state index contributed by atoms with van der Waals surface area (Å²) in [6.45, 7) is 4.80. The van der Waals surface area contributed by atoms with Crippen molar-refractivity contribution in [2.45, 2.75) is 58.2 Å². The Balaban J connectivity index is 2.12. The van der Waals surface area contributed by atoms with Crippen molar-refractivity contribution in [2.75, 3.05) is 19.0 Å². The molecule has 0 radical (unpaired) electrons. The van der Waals surface area contributed by atoms with Gasteiger partial charge in [-0.2, -0.15) is 0 Å². The maximum absolute atomic E-state index is 13.1. The summed E-state index contributed by atoms with van der Waals surface area (Å²) in [5.74, 6) is -1.15. The second kappa shape index (κ2) is 13.3. The van der Waals surface area contributed by atoms with Crippen molar-refractivity contribution in [1.82, 2.24) is 16.0 Å². The van der Waals surface area contributed by atoms with Crippen molar-refractivity contribution in [2.24, 2.45) is 5.73 Å². The minimum atomic E-state index is -0.913. The van der Waals surface area contributed by atoms with E-state index in [1.165, 1.54) is 20.8 Å². The number of rotatable bonds is 12. The predicted molar refractivity (Wildman–Crippen MR) is 135 cm³/mol. The molecular weight excluding hydrogens is 450 g/mol. The molecule has 0 aliphatic rings. The third kappa shape index (κ3) is 8.25. The number of nitrogens with one attached hydrogen (secondary N) is 4. The van der Waals surface area contributed by atoms with E-state index in [2.05, 4.69) is 21.3 Å². The Morgan fingerprint density at radius 1 is 0.914 bits per heavy atom. The fraction of sp³-hybridized carbons (Fsp3) is 0.440. The molecule has 0 aromatic heterocycles. The van der Waals surface area contributed by atoms with Gasteiger partial charge in [-0.15, -0.1) is 0 Å². The summed E-state index contributed by atoms with van der Waals surface area (Å²) >= 11 is 0. The second-order valence-electron chi connectivity index (χ2n) is 8.39. The first-order chi connectivity index (χ1) is 16.7. The number of ether oxygens (including phenoxy) is 1. The molecule has 0 saturated heterocycles. The van der Waals surface area contributed by atoms with E-state index < -0.39 is 35.8 Å². The van der Waals surface area contributed by atoms with Crippen molar-refractivity contribution in [3.05, 3.63) is 36.4 Å². The third-order valence-corrected chi connectivity index (χ3v) is 5.46. The number of methoxy groups -OCH3 is 1. The zero-order chi connectivity index (χ0) is 26.0. The summed E-state index contributed by atoms with van der Waals surface area (Å²) in [6.07, 6.45) is 1.71. The number of anilines is 1. The fourth-order valence-electron chi connectivity index (χ4n) is 3.58. The molecule has 6 N–H and O–H groups in total. The summed E-state index contributed by atoms with van der Waals surface area (Å²) in [5.41, 5.74) is 6.12. The monoisotopic (exact) mass is 485 g/mol. The summed E-state index contributed by atoms with van der Waals surface area (Å²) in [6, 6.07) is 8.66. The van der Waals surface area contributed by atoms with Gasteiger partial charge in [-0.1, -0.05) is 24.3 Å². The predicted octanol–water partition coefficient (Wildman–Crippen LogP) is 1.43. The molecule has 190 valence electrons. The number of carbonyl (C=O) groups is 4. The van der Waals surface area contributed by atoms with E-state index in [4.69, 9.17) is 10.5 Å². The molecular formula is C25H35N5O5. The third-order valence-electron chi connectivity index (χ3n) is 5.46. The summed E-state index contributed by atoms with van der Waals surface area (Å²) in [7, 11) is 1.56. The molecule has 0 bridgehead atoms. The first-order valence-electron chi connectivity index (χ1n) is 11.6. The zero-order valence-corrected chi connectivity index (χ0v) is 20.6. The van der Waals surface area contributed by atoms with Crippen LogP contribution in [0.2, 0.25) is 0 Å². The van der Waals surface area contributed by atoms with Gasteiger partial charge in [0.05, 0.1) is 7.11 Å². The van der Waals surface area contributed by atoms with E-state index in [0.29, 0.717) is 37.2 Å². The minimum absolute atomic E-state index is 0.355. The number of unbranched alkanes of at least 4 members (excludes halogenated alkanes) is 1. The molecule has 0 unspecified atom stereocenters. The van der Waals surface area contributed by atoms with E-state index in [0.717, 1.165) is 10.8 Å². The lowest BCUT2D eigenvalue weighted by atomic mass is 10.1. The topological polar surface area (TPSA) is 152 Å². The molecule has 0 heterocycles. The minimum Gasteiger partial charge on any atom is -0.496 e. The summed E-state index contributed by atoms with van der Waals surface area (Å²) in [4.78, 5) is 49.3. The molecule has 0 aliphatic heterocycles. The van der Waals surface area contributed by atoms with Crippen LogP contribution in [0.5, 0.6) is 5.75 Å². The van der Waals surface area contributed by atoms with E-state index in [1.807, 2.05) is 30.3 Å². The number of carbonyl (C=O) groups excluding carboxylic acids is 4. The first kappa shape index (κ1) is 27.6. The SMILES string of the molecule is COc1cc(NC(=O)[C@H](CCCCN)NC(=O)[C@H](C)NC(=O)[C@H](C)NC(C)=O)cc2ccccc12. The lowest BCUT2D eigenvalue weighted by Gasteiger charge is -2.22. The van der Waals surface area contributed by atoms with Crippen molar-refractivity contribution in [1.29, 1.82) is 0 Å². The molecule has 2 aromatic rings. The standard InChI is InChI=1S/C25H35N5O5/c1-15(27-17(3)31)23(32)28-16(2)24(33)30-21(11-7-8-12-26)25(34)29-19-13-18-9-5-6-10-20(18)22(14-19)35-4/h5-6,9-10,13-16,21H,7-8,11-12,26H2,1-4H3,(H,27,31)(H,28,32)(H,29,34)(H,30,33)/t15-,16-,21-/m0/s1. The van der Waals surface area contributed by atoms with Gasteiger partial charge in [0.25, 0.3) is 0 Å². The zero-order valence-electron chi connectivity index (χ0n) is 20.6. The van der Waals surface area contributed by atoms with Gasteiger partial charge < -0.3 is 31.7 Å². The van der Waals surface area contributed by atoms with Crippen LogP contribution in [0.15, 0.2) is 36.4 Å². The van der Waals surface area contributed by atoms with E-state index in [9.17, 15) is 19.2 Å². The Kier molecular flexibility index (Phi) is 10.5. The Morgan fingerprint density at radius 2 is 1.57 bits per heavy atom. The average molecular weight is 486 g/mol. The molecule has 2 rings (SSSR count). The number of hydrogen-bond acceptors (Lipinski definition) is 6. The second-order valence-corrected chi connectivity index (χ2v) is 8.39. The Labute approximate surface area is 205 Å². The van der Waals surface area contributed by atoms with Crippen molar-refractivity contribution >= 4 is 40.1 Å². The highest BCUT2D eigenvalue weighted by molar-refractivity contribution is 6.01. The van der Waals surface area contributed by atoms with Crippen molar-refractivity contribution < 1.29 is 23.9 Å². The highest BCUT2D eigenvalue weighted by atomic mass is 16.5. The highest BCUT2D eigenvalue weighted by Crippen LogP contribution is 2.29. The first-order valence-corrected chi connectivity index (χ1v) is 11.6. The summed E-state index contributed by atoms with van der Waals surface area (Å²) in [5, 5.41) is 12.4. The molecule has 4 amide bonds. The van der Waals surface area contributed by atoms with Gasteiger partial charge >= 0.3 is 0 Å². The molecule has 10 nitrogen and oxygen atoms in total.